The minimum atomic E-state index is -0.776. The zero-order chi connectivity index (χ0) is 22.6. The summed E-state index contributed by atoms with van der Waals surface area (Å²) in [6, 6.07) is 6.79. The zero-order valence-corrected chi connectivity index (χ0v) is 18.2. The van der Waals surface area contributed by atoms with Crippen molar-refractivity contribution in [1.29, 1.82) is 0 Å². The molecule has 1 amide bonds. The van der Waals surface area contributed by atoms with Crippen LogP contribution in [0.25, 0.3) is 11.0 Å². The number of rotatable bonds is 5. The number of ether oxygens (including phenoxy) is 2. The van der Waals surface area contributed by atoms with Gasteiger partial charge in [-0.15, -0.1) is 0 Å². The number of nitrogens with zero attached hydrogens (tertiary/aromatic N) is 2. The number of aromatic amines is 1. The van der Waals surface area contributed by atoms with Gasteiger partial charge in [-0.05, 0) is 37.5 Å². The number of hydrogen-bond acceptors (Lipinski definition) is 6. The van der Waals surface area contributed by atoms with Crippen molar-refractivity contribution in [2.75, 3.05) is 5.32 Å². The Morgan fingerprint density at radius 2 is 1.97 bits per heavy atom. The van der Waals surface area contributed by atoms with Crippen molar-refractivity contribution in [3.05, 3.63) is 56.4 Å². The van der Waals surface area contributed by atoms with Gasteiger partial charge in [-0.3, -0.25) is 19.1 Å². The molecule has 3 aromatic rings. The number of anilines is 1. The van der Waals surface area contributed by atoms with Crippen LogP contribution in [0.2, 0.25) is 0 Å². The Balaban J connectivity index is 1.59. The van der Waals surface area contributed by atoms with Crippen LogP contribution in [0.3, 0.4) is 0 Å². The molecule has 1 saturated carbocycles. The monoisotopic (exact) mass is 436 g/mol. The van der Waals surface area contributed by atoms with E-state index >= 15 is 0 Å². The molecule has 0 radical (unpaired) electrons. The number of fused-ring (bicyclic) bond motifs is 2. The smallest absolute Gasteiger partial charge is 0.329 e. The summed E-state index contributed by atoms with van der Waals surface area (Å²) in [5.41, 5.74) is 0.541. The lowest BCUT2D eigenvalue weighted by Crippen LogP contribution is -2.32. The Labute approximate surface area is 183 Å². The standard InChI is InChI=1S/C23H24N4O5/c1-4-9-27-19-18(21(29)26-22(27)30)14(11-15(25-19)12-5-6-12)20(28)24-13-7-8-16-17(10-13)32-23(2,3)31-16/h7-8,10-12H,4-6,9H2,1-3H3,(H,24,28)(H,26,29,30). The molecule has 32 heavy (non-hydrogen) atoms. The number of hydrogen-bond donors (Lipinski definition) is 2. The number of aromatic nitrogens is 3. The molecule has 0 unspecified atom stereocenters. The maximum atomic E-state index is 13.3. The number of H-pyrrole nitrogens is 1. The quantitative estimate of drug-likeness (QED) is 0.635. The van der Waals surface area contributed by atoms with E-state index in [-0.39, 0.29) is 22.5 Å². The van der Waals surface area contributed by atoms with Crippen molar-refractivity contribution in [2.24, 2.45) is 0 Å². The van der Waals surface area contributed by atoms with Gasteiger partial charge in [0.15, 0.2) is 17.1 Å². The SMILES string of the molecule is CCCn1c(=O)[nH]c(=O)c2c(C(=O)Nc3ccc4c(c3)OC(C)(C)O4)cc(C3CC3)nc21. The van der Waals surface area contributed by atoms with Gasteiger partial charge in [0.1, 0.15) is 0 Å². The van der Waals surface area contributed by atoms with E-state index in [9.17, 15) is 14.4 Å². The molecule has 9 heteroatoms. The molecular formula is C23H24N4O5. The Kier molecular flexibility index (Phi) is 4.58. The van der Waals surface area contributed by atoms with E-state index in [0.717, 1.165) is 18.5 Å². The molecule has 1 aliphatic carbocycles. The fourth-order valence-corrected chi connectivity index (χ4v) is 3.99. The first-order chi connectivity index (χ1) is 15.3. The summed E-state index contributed by atoms with van der Waals surface area (Å²) < 4.78 is 12.9. The molecule has 2 N–H and O–H groups in total. The second kappa shape index (κ2) is 7.22. The third kappa shape index (κ3) is 3.53. The molecular weight excluding hydrogens is 412 g/mol. The largest absolute Gasteiger partial charge is 0.449 e. The summed E-state index contributed by atoms with van der Waals surface area (Å²) in [6.07, 6.45) is 2.63. The number of amides is 1. The van der Waals surface area contributed by atoms with Crippen LogP contribution in [-0.4, -0.2) is 26.2 Å². The molecule has 2 aromatic heterocycles. The maximum absolute atomic E-state index is 13.3. The van der Waals surface area contributed by atoms with Crippen molar-refractivity contribution >= 4 is 22.6 Å². The van der Waals surface area contributed by atoms with Gasteiger partial charge < -0.3 is 14.8 Å². The second-order valence-electron chi connectivity index (χ2n) is 8.70. The molecule has 1 aliphatic heterocycles. The van der Waals surface area contributed by atoms with Gasteiger partial charge in [0.05, 0.1) is 10.9 Å². The predicted molar refractivity (Wildman–Crippen MR) is 119 cm³/mol. The number of carbonyl (C=O) groups is 1. The summed E-state index contributed by atoms with van der Waals surface area (Å²) in [5, 5.41) is 2.96. The number of benzene rings is 1. The van der Waals surface area contributed by atoms with Crippen LogP contribution < -0.4 is 26.0 Å². The molecule has 1 aromatic carbocycles. The van der Waals surface area contributed by atoms with Crippen LogP contribution in [0, 0.1) is 0 Å². The molecule has 166 valence electrons. The first-order valence-electron chi connectivity index (χ1n) is 10.8. The summed E-state index contributed by atoms with van der Waals surface area (Å²) in [6.45, 7) is 5.93. The molecule has 9 nitrogen and oxygen atoms in total. The number of nitrogens with one attached hydrogen (secondary N) is 2. The van der Waals surface area contributed by atoms with E-state index < -0.39 is 22.9 Å². The highest BCUT2D eigenvalue weighted by atomic mass is 16.7. The topological polar surface area (TPSA) is 115 Å². The molecule has 0 bridgehead atoms. The molecule has 1 fully saturated rings. The Bertz CT molecular complexity index is 1370. The van der Waals surface area contributed by atoms with Gasteiger partial charge in [-0.1, -0.05) is 6.92 Å². The van der Waals surface area contributed by atoms with Crippen molar-refractivity contribution in [3.63, 3.8) is 0 Å². The van der Waals surface area contributed by atoms with Crippen LogP contribution in [0.4, 0.5) is 5.69 Å². The van der Waals surface area contributed by atoms with Crippen molar-refractivity contribution in [3.8, 4) is 11.5 Å². The highest BCUT2D eigenvalue weighted by Gasteiger charge is 2.32. The van der Waals surface area contributed by atoms with Gasteiger partial charge in [-0.25, -0.2) is 9.78 Å². The predicted octanol–water partition coefficient (Wildman–Crippen LogP) is 3.13. The lowest BCUT2D eigenvalue weighted by atomic mass is 10.1. The summed E-state index contributed by atoms with van der Waals surface area (Å²) in [5.74, 6) is 0.133. The second-order valence-corrected chi connectivity index (χ2v) is 8.70. The Morgan fingerprint density at radius 1 is 1.22 bits per heavy atom. The van der Waals surface area contributed by atoms with Crippen LogP contribution in [0.15, 0.2) is 33.9 Å². The first kappa shape index (κ1) is 20.3. The fraction of sp³-hybridized carbons (Fsp3) is 0.391. The lowest BCUT2D eigenvalue weighted by molar-refractivity contribution is -0.0431. The molecule has 3 heterocycles. The minimum Gasteiger partial charge on any atom is -0.449 e. The van der Waals surface area contributed by atoms with Crippen molar-refractivity contribution < 1.29 is 14.3 Å². The zero-order valence-electron chi connectivity index (χ0n) is 18.2. The van der Waals surface area contributed by atoms with Gasteiger partial charge >= 0.3 is 5.69 Å². The van der Waals surface area contributed by atoms with Crippen LogP contribution in [-0.2, 0) is 6.54 Å². The van der Waals surface area contributed by atoms with Crippen LogP contribution in [0.5, 0.6) is 11.5 Å². The van der Waals surface area contributed by atoms with Gasteiger partial charge in [0.2, 0.25) is 5.79 Å². The van der Waals surface area contributed by atoms with Gasteiger partial charge in [0, 0.05) is 43.8 Å². The van der Waals surface area contributed by atoms with E-state index in [1.165, 1.54) is 4.57 Å². The average molecular weight is 436 g/mol. The Morgan fingerprint density at radius 3 is 2.69 bits per heavy atom. The van der Waals surface area contributed by atoms with Crippen LogP contribution in [0.1, 0.15) is 62.0 Å². The normalized spacial score (nSPS) is 16.3. The third-order valence-corrected chi connectivity index (χ3v) is 5.57. The molecule has 0 saturated heterocycles. The molecule has 0 spiro atoms. The maximum Gasteiger partial charge on any atom is 0.329 e. The van der Waals surface area contributed by atoms with E-state index in [1.54, 1.807) is 38.1 Å². The molecule has 0 atom stereocenters. The molecule has 5 rings (SSSR count). The fourth-order valence-electron chi connectivity index (χ4n) is 3.99. The summed E-state index contributed by atoms with van der Waals surface area (Å²) in [7, 11) is 0. The number of carbonyl (C=O) groups excluding carboxylic acids is 1. The average Bonchev–Trinajstić information content (AvgIpc) is 3.52. The Hall–Kier alpha value is -3.62. The van der Waals surface area contributed by atoms with Gasteiger partial charge in [-0.2, -0.15) is 0 Å². The first-order valence-corrected chi connectivity index (χ1v) is 10.8. The molecule has 2 aliphatic rings. The summed E-state index contributed by atoms with van der Waals surface area (Å²) in [4.78, 5) is 45.4. The van der Waals surface area contributed by atoms with E-state index in [0.29, 0.717) is 30.2 Å². The highest BCUT2D eigenvalue weighted by molar-refractivity contribution is 6.12. The van der Waals surface area contributed by atoms with Crippen molar-refractivity contribution in [2.45, 2.75) is 58.3 Å². The number of aryl methyl sites for hydroxylation is 1. The van der Waals surface area contributed by atoms with E-state index in [4.69, 9.17) is 9.47 Å². The number of pyridine rings is 1. The highest BCUT2D eigenvalue weighted by Crippen LogP contribution is 2.41. The summed E-state index contributed by atoms with van der Waals surface area (Å²) >= 11 is 0. The van der Waals surface area contributed by atoms with Crippen molar-refractivity contribution in [1.82, 2.24) is 14.5 Å². The van der Waals surface area contributed by atoms with Gasteiger partial charge in [0.25, 0.3) is 11.5 Å². The minimum absolute atomic E-state index is 0.113. The third-order valence-electron chi connectivity index (χ3n) is 5.57. The van der Waals surface area contributed by atoms with E-state index in [2.05, 4.69) is 15.3 Å². The lowest BCUT2D eigenvalue weighted by Gasteiger charge is -2.16. The van der Waals surface area contributed by atoms with E-state index in [1.807, 2.05) is 6.92 Å². The van der Waals surface area contributed by atoms with Crippen LogP contribution >= 0.6 is 0 Å².